The molecule has 18 heteroatoms. The number of nitrogens with one attached hydrogen (secondary N) is 5. The Labute approximate surface area is 229 Å². The molecule has 0 aromatic rings. The maximum atomic E-state index is 12.7. The minimum absolute atomic E-state index is 0.0432. The molecule has 40 heavy (non-hydrogen) atoms. The molecule has 0 fully saturated rings. The van der Waals surface area contributed by atoms with Crippen molar-refractivity contribution in [2.45, 2.75) is 63.6 Å². The average molecular weight is 575 g/mol. The van der Waals surface area contributed by atoms with Crippen LogP contribution in [0.3, 0.4) is 0 Å². The Hall–Kier alpha value is -4.48. The molecule has 0 spiro atoms. The smallest absolute Gasteiger partial charge is 0.328 e. The molecular formula is C22H38N8O10. The van der Waals surface area contributed by atoms with Gasteiger partial charge in [-0.1, -0.05) is 13.3 Å². The van der Waals surface area contributed by atoms with Crippen LogP contribution >= 0.6 is 0 Å². The molecule has 3 atom stereocenters. The quantitative estimate of drug-likeness (QED) is 0.0373. The first-order valence-corrected chi connectivity index (χ1v) is 12.3. The summed E-state index contributed by atoms with van der Waals surface area (Å²) in [6.45, 7) is -0.0770. The number of unbranched alkanes of at least 4 members (excludes halogenated alkanes) is 1. The van der Waals surface area contributed by atoms with E-state index in [-0.39, 0.29) is 37.7 Å². The van der Waals surface area contributed by atoms with Gasteiger partial charge in [0.25, 0.3) is 0 Å². The van der Waals surface area contributed by atoms with Gasteiger partial charge in [-0.2, -0.15) is 0 Å². The summed E-state index contributed by atoms with van der Waals surface area (Å²) in [6.07, 6.45) is 1.04. The van der Waals surface area contributed by atoms with Crippen LogP contribution in [-0.2, 0) is 33.6 Å². The number of amides is 5. The first-order valence-electron chi connectivity index (χ1n) is 12.3. The van der Waals surface area contributed by atoms with Crippen molar-refractivity contribution in [3.8, 4) is 0 Å². The molecule has 12 N–H and O–H groups in total. The number of aliphatic carboxylic acids is 2. The van der Waals surface area contributed by atoms with Crippen molar-refractivity contribution in [3.05, 3.63) is 0 Å². The fourth-order valence-corrected chi connectivity index (χ4v) is 3.00. The van der Waals surface area contributed by atoms with Crippen molar-refractivity contribution in [3.63, 3.8) is 0 Å². The van der Waals surface area contributed by atoms with Crippen molar-refractivity contribution < 1.29 is 48.9 Å². The van der Waals surface area contributed by atoms with E-state index < -0.39 is 79.8 Å². The molecular weight excluding hydrogens is 536 g/mol. The Morgan fingerprint density at radius 2 is 1.38 bits per heavy atom. The second-order valence-corrected chi connectivity index (χ2v) is 8.47. The first-order chi connectivity index (χ1) is 18.8. The van der Waals surface area contributed by atoms with Gasteiger partial charge in [0.1, 0.15) is 18.1 Å². The van der Waals surface area contributed by atoms with Gasteiger partial charge in [0, 0.05) is 13.0 Å². The SMILES string of the molecule is CCCCC(=O)NCC(=O)NC(CCCN=C(N)N)C(=O)NCC(=O)NC(CC(=O)O)C(=O)NC(CO)C(=O)O. The molecule has 0 saturated carbocycles. The zero-order chi connectivity index (χ0) is 30.7. The molecule has 0 radical (unpaired) electrons. The number of aliphatic hydroxyl groups is 1. The van der Waals surface area contributed by atoms with Gasteiger partial charge >= 0.3 is 11.9 Å². The van der Waals surface area contributed by atoms with Crippen molar-refractivity contribution in [1.29, 1.82) is 0 Å². The molecule has 18 nitrogen and oxygen atoms in total. The number of rotatable bonds is 20. The monoisotopic (exact) mass is 574 g/mol. The third-order valence-electron chi connectivity index (χ3n) is 5.05. The molecule has 0 aliphatic rings. The lowest BCUT2D eigenvalue weighted by Crippen LogP contribution is -2.55. The summed E-state index contributed by atoms with van der Waals surface area (Å²) in [5.41, 5.74) is 10.5. The highest BCUT2D eigenvalue weighted by atomic mass is 16.4. The predicted molar refractivity (Wildman–Crippen MR) is 138 cm³/mol. The van der Waals surface area contributed by atoms with Crippen LogP contribution in [0.2, 0.25) is 0 Å². The average Bonchev–Trinajstić information content (AvgIpc) is 2.88. The number of hydrogen-bond donors (Lipinski definition) is 10. The Morgan fingerprint density at radius 3 is 1.90 bits per heavy atom. The number of nitrogens with two attached hydrogens (primary N) is 2. The van der Waals surface area contributed by atoms with E-state index in [1.165, 1.54) is 0 Å². The summed E-state index contributed by atoms with van der Waals surface area (Å²) >= 11 is 0. The van der Waals surface area contributed by atoms with Crippen LogP contribution in [0.15, 0.2) is 4.99 Å². The van der Waals surface area contributed by atoms with E-state index in [4.69, 9.17) is 26.8 Å². The lowest BCUT2D eigenvalue weighted by molar-refractivity contribution is -0.144. The van der Waals surface area contributed by atoms with Gasteiger partial charge in [-0.3, -0.25) is 33.8 Å². The maximum absolute atomic E-state index is 12.7. The zero-order valence-corrected chi connectivity index (χ0v) is 22.1. The van der Waals surface area contributed by atoms with Crippen molar-refractivity contribution in [2.24, 2.45) is 16.5 Å². The number of carboxylic acid groups (broad SMARTS) is 2. The van der Waals surface area contributed by atoms with E-state index in [2.05, 4.69) is 26.3 Å². The molecule has 226 valence electrons. The molecule has 0 saturated heterocycles. The van der Waals surface area contributed by atoms with Gasteiger partial charge in [-0.25, -0.2) is 4.79 Å². The van der Waals surface area contributed by atoms with Crippen LogP contribution in [0.1, 0.15) is 45.4 Å². The Bertz CT molecular complexity index is 939. The molecule has 0 aromatic carbocycles. The van der Waals surface area contributed by atoms with E-state index in [1.807, 2.05) is 12.2 Å². The minimum atomic E-state index is -1.74. The lowest BCUT2D eigenvalue weighted by atomic mass is 10.1. The lowest BCUT2D eigenvalue weighted by Gasteiger charge is -2.21. The molecule has 0 aliphatic carbocycles. The summed E-state index contributed by atoms with van der Waals surface area (Å²) in [4.78, 5) is 87.2. The van der Waals surface area contributed by atoms with Gasteiger partial charge in [-0.05, 0) is 19.3 Å². The number of aliphatic hydroxyl groups excluding tert-OH is 1. The van der Waals surface area contributed by atoms with Gasteiger partial charge in [0.15, 0.2) is 5.96 Å². The van der Waals surface area contributed by atoms with Crippen molar-refractivity contribution in [2.75, 3.05) is 26.2 Å². The molecule has 0 aliphatic heterocycles. The van der Waals surface area contributed by atoms with Crippen molar-refractivity contribution >= 4 is 47.4 Å². The van der Waals surface area contributed by atoms with Crippen LogP contribution in [0.25, 0.3) is 0 Å². The number of carbonyl (C=O) groups is 7. The standard InChI is InChI=1S/C22H38N8O10/c1-2-3-6-15(32)26-9-16(33)28-12(5-4-7-25-22(23)24)19(37)27-10-17(34)29-13(8-18(35)36)20(38)30-14(11-31)21(39)40/h12-14,31H,2-11H2,1H3,(H,26,32)(H,27,37)(H,28,33)(H,29,34)(H,30,38)(H,35,36)(H,39,40)(H4,23,24,25). The van der Waals surface area contributed by atoms with Gasteiger partial charge in [0.2, 0.25) is 29.5 Å². The zero-order valence-electron chi connectivity index (χ0n) is 22.1. The molecule has 0 rings (SSSR count). The minimum Gasteiger partial charge on any atom is -0.481 e. The van der Waals surface area contributed by atoms with Crippen LogP contribution in [0.5, 0.6) is 0 Å². The van der Waals surface area contributed by atoms with Crippen LogP contribution in [-0.4, -0.2) is 107 Å². The number of carbonyl (C=O) groups excluding carboxylic acids is 5. The second-order valence-electron chi connectivity index (χ2n) is 8.47. The maximum Gasteiger partial charge on any atom is 0.328 e. The molecule has 0 aromatic heterocycles. The number of guanidine groups is 1. The number of hydrogen-bond acceptors (Lipinski definition) is 9. The number of carboxylic acids is 2. The normalized spacial score (nSPS) is 12.6. The van der Waals surface area contributed by atoms with E-state index in [0.717, 1.165) is 6.42 Å². The van der Waals surface area contributed by atoms with Crippen LogP contribution in [0.4, 0.5) is 0 Å². The molecule has 0 heterocycles. The Kier molecular flexibility index (Phi) is 17.4. The van der Waals surface area contributed by atoms with Gasteiger partial charge < -0.3 is 53.4 Å². The first kappa shape index (κ1) is 35.5. The summed E-state index contributed by atoms with van der Waals surface area (Å²) in [5.74, 6) is -7.26. The van der Waals surface area contributed by atoms with Crippen LogP contribution < -0.4 is 38.1 Å². The fraction of sp³-hybridized carbons (Fsp3) is 0.636. The van der Waals surface area contributed by atoms with E-state index in [0.29, 0.717) is 6.42 Å². The van der Waals surface area contributed by atoms with E-state index in [1.54, 1.807) is 0 Å². The topological polar surface area (TPSA) is 305 Å². The summed E-state index contributed by atoms with van der Waals surface area (Å²) in [6, 6.07) is -4.62. The Morgan fingerprint density at radius 1 is 0.775 bits per heavy atom. The summed E-state index contributed by atoms with van der Waals surface area (Å²) in [7, 11) is 0. The van der Waals surface area contributed by atoms with Gasteiger partial charge in [-0.15, -0.1) is 0 Å². The summed E-state index contributed by atoms with van der Waals surface area (Å²) in [5, 5.41) is 38.0. The van der Waals surface area contributed by atoms with E-state index in [9.17, 15) is 33.6 Å². The predicted octanol–water partition coefficient (Wildman–Crippen LogP) is -4.53. The number of aliphatic imine (C=N–C) groups is 1. The highest BCUT2D eigenvalue weighted by Gasteiger charge is 2.28. The van der Waals surface area contributed by atoms with Crippen molar-refractivity contribution in [1.82, 2.24) is 26.6 Å². The second kappa shape index (κ2) is 19.6. The largest absolute Gasteiger partial charge is 0.481 e. The van der Waals surface area contributed by atoms with Crippen LogP contribution in [0, 0.1) is 0 Å². The highest BCUT2D eigenvalue weighted by Crippen LogP contribution is 2.00. The summed E-state index contributed by atoms with van der Waals surface area (Å²) < 4.78 is 0. The third kappa shape index (κ3) is 16.4. The number of nitrogens with zero attached hydrogens (tertiary/aromatic N) is 1. The fourth-order valence-electron chi connectivity index (χ4n) is 3.00. The third-order valence-corrected chi connectivity index (χ3v) is 5.05. The molecule has 5 amide bonds. The Balaban J connectivity index is 5.19. The highest BCUT2D eigenvalue weighted by molar-refractivity contribution is 5.95. The molecule has 0 bridgehead atoms. The van der Waals surface area contributed by atoms with E-state index >= 15 is 0 Å². The van der Waals surface area contributed by atoms with Gasteiger partial charge in [0.05, 0.1) is 26.1 Å². The molecule has 3 unspecified atom stereocenters.